The van der Waals surface area contributed by atoms with Gasteiger partial charge in [0.2, 0.25) is 0 Å². The van der Waals surface area contributed by atoms with Gasteiger partial charge in [-0.05, 0) is 12.8 Å². The maximum absolute atomic E-state index is 12.3. The van der Waals surface area contributed by atoms with Gasteiger partial charge in [-0.1, -0.05) is 19.3 Å². The van der Waals surface area contributed by atoms with Crippen LogP contribution in [0.1, 0.15) is 32.1 Å². The van der Waals surface area contributed by atoms with Crippen LogP contribution in [-0.4, -0.2) is 29.4 Å². The van der Waals surface area contributed by atoms with Crippen LogP contribution in [0.15, 0.2) is 11.6 Å². The van der Waals surface area contributed by atoms with Crippen molar-refractivity contribution in [2.45, 2.75) is 38.1 Å². The van der Waals surface area contributed by atoms with Crippen LogP contribution < -0.4 is 10.2 Å². The molecule has 20 heavy (non-hydrogen) atoms. The van der Waals surface area contributed by atoms with Gasteiger partial charge in [0.15, 0.2) is 5.13 Å². The summed E-state index contributed by atoms with van der Waals surface area (Å²) in [7, 11) is 0. The number of nitrogens with one attached hydrogen (secondary N) is 1. The summed E-state index contributed by atoms with van der Waals surface area (Å²) in [6.45, 7) is -0.166. The van der Waals surface area contributed by atoms with Crippen molar-refractivity contribution in [2.24, 2.45) is 0 Å². The van der Waals surface area contributed by atoms with E-state index in [0.29, 0.717) is 5.13 Å². The lowest BCUT2D eigenvalue weighted by molar-refractivity contribution is -0.137. The first kappa shape index (κ1) is 14.5. The summed E-state index contributed by atoms with van der Waals surface area (Å²) in [4.78, 5) is 29.8. The monoisotopic (exact) mass is 292 g/mol. The Bertz CT molecular complexity index is 503. The van der Waals surface area contributed by atoms with Crippen molar-refractivity contribution in [1.82, 2.24) is 10.3 Å². The smallest absolute Gasteiger partial charge is 0.318 e. The number of carbonyl (C=O) groups is 2. The van der Waals surface area contributed by atoms with Gasteiger partial charge in [-0.15, -0.1) is 11.3 Å². The van der Waals surface area contributed by atoms with E-state index in [-0.39, 0.29) is 12.6 Å². The zero-order valence-corrected chi connectivity index (χ0v) is 11.9. The van der Waals surface area contributed by atoms with Gasteiger partial charge in [-0.3, -0.25) is 14.5 Å². The molecule has 0 unspecified atom stereocenters. The molecule has 1 aliphatic carbocycles. The van der Waals surface area contributed by atoms with Crippen LogP contribution in [0.2, 0.25) is 0 Å². The molecule has 0 spiro atoms. The Morgan fingerprint density at radius 1 is 1.45 bits per heavy atom. The Morgan fingerprint density at radius 3 is 2.80 bits per heavy atom. The Kier molecular flexibility index (Phi) is 5.07. The Balaban J connectivity index is 2.16. The van der Waals surface area contributed by atoms with Crippen molar-refractivity contribution in [3.63, 3.8) is 0 Å². The third-order valence-electron chi connectivity index (χ3n) is 3.31. The molecule has 1 saturated carbocycles. The van der Waals surface area contributed by atoms with Gasteiger partial charge in [0.25, 0.3) is 0 Å². The predicted octanol–water partition coefficient (Wildman–Crippen LogP) is 1.45. The first-order chi connectivity index (χ1) is 9.74. The minimum Gasteiger partial charge on any atom is -0.335 e. The Labute approximate surface area is 121 Å². The number of carbonyl (C=O) groups excluding carboxylic acids is 2. The number of hydrogen-bond donors (Lipinski definition) is 1. The van der Waals surface area contributed by atoms with Crippen LogP contribution >= 0.6 is 11.3 Å². The van der Waals surface area contributed by atoms with Crippen LogP contribution in [0.4, 0.5) is 5.13 Å². The average Bonchev–Trinajstić information content (AvgIpc) is 3.00. The van der Waals surface area contributed by atoms with Gasteiger partial charge >= 0.3 is 11.8 Å². The molecule has 0 bridgehead atoms. The summed E-state index contributed by atoms with van der Waals surface area (Å²) in [5.74, 6) is -1.37. The fraction of sp³-hybridized carbons (Fsp3) is 0.538. The van der Waals surface area contributed by atoms with Crippen molar-refractivity contribution >= 4 is 28.3 Å². The molecule has 1 aromatic rings. The first-order valence-electron chi connectivity index (χ1n) is 6.62. The molecular formula is C13H16N4O2S. The summed E-state index contributed by atoms with van der Waals surface area (Å²) in [5.41, 5.74) is 0. The number of nitriles is 1. The Hall–Kier alpha value is -1.94. The molecule has 6 nitrogen and oxygen atoms in total. The molecule has 1 aromatic heterocycles. The van der Waals surface area contributed by atoms with E-state index >= 15 is 0 Å². The average molecular weight is 292 g/mol. The molecule has 1 aliphatic rings. The normalized spacial score (nSPS) is 15.3. The summed E-state index contributed by atoms with van der Waals surface area (Å²) < 4.78 is 0. The lowest BCUT2D eigenvalue weighted by Crippen LogP contribution is -2.49. The van der Waals surface area contributed by atoms with E-state index in [2.05, 4.69) is 10.3 Å². The largest absolute Gasteiger partial charge is 0.335 e. The molecule has 1 heterocycles. The van der Waals surface area contributed by atoms with Crippen molar-refractivity contribution in [1.29, 1.82) is 5.26 Å². The molecule has 2 amide bonds. The summed E-state index contributed by atoms with van der Waals surface area (Å²) in [6, 6.07) is 1.81. The van der Waals surface area contributed by atoms with Gasteiger partial charge in [-0.2, -0.15) is 5.26 Å². The molecule has 0 radical (unpaired) electrons. The maximum atomic E-state index is 12.3. The van der Waals surface area contributed by atoms with Gasteiger partial charge < -0.3 is 5.32 Å². The second-order valence-corrected chi connectivity index (χ2v) is 5.50. The molecule has 7 heteroatoms. The van der Waals surface area contributed by atoms with E-state index < -0.39 is 11.8 Å². The molecule has 0 aliphatic heterocycles. The lowest BCUT2D eigenvalue weighted by Gasteiger charge is -2.31. The summed E-state index contributed by atoms with van der Waals surface area (Å²) in [5, 5.41) is 13.1. The van der Waals surface area contributed by atoms with Crippen molar-refractivity contribution in [3.8, 4) is 6.07 Å². The molecule has 2 rings (SSSR count). The topological polar surface area (TPSA) is 86.1 Å². The third-order valence-corrected chi connectivity index (χ3v) is 4.08. The van der Waals surface area contributed by atoms with E-state index in [0.717, 1.165) is 32.1 Å². The van der Waals surface area contributed by atoms with Crippen LogP contribution in [-0.2, 0) is 9.59 Å². The molecule has 0 atom stereocenters. The lowest BCUT2D eigenvalue weighted by atomic mass is 9.94. The second-order valence-electron chi connectivity index (χ2n) is 4.62. The van der Waals surface area contributed by atoms with Crippen LogP contribution in [0, 0.1) is 11.3 Å². The molecule has 0 aromatic carbocycles. The second kappa shape index (κ2) is 7.01. The van der Waals surface area contributed by atoms with E-state index in [1.54, 1.807) is 17.6 Å². The van der Waals surface area contributed by atoms with Gasteiger partial charge in [0.05, 0.1) is 6.07 Å². The standard InChI is InChI=1S/C13H16N4O2S/c14-6-7-15-11(18)12(19)17(13-16-8-9-20-13)10-4-2-1-3-5-10/h8-10H,1-5,7H2,(H,15,18). The van der Waals surface area contributed by atoms with Crippen LogP contribution in [0.5, 0.6) is 0 Å². The SMILES string of the molecule is N#CCNC(=O)C(=O)N(c1nccs1)C1CCCCC1. The van der Waals surface area contributed by atoms with Gasteiger partial charge in [-0.25, -0.2) is 4.98 Å². The minimum absolute atomic E-state index is 0.0234. The van der Waals surface area contributed by atoms with Gasteiger partial charge in [0, 0.05) is 17.6 Å². The number of thiazole rings is 1. The fourth-order valence-corrected chi connectivity index (χ4v) is 3.10. The molecule has 1 fully saturated rings. The number of hydrogen-bond acceptors (Lipinski definition) is 5. The zero-order valence-electron chi connectivity index (χ0n) is 11.0. The summed E-state index contributed by atoms with van der Waals surface area (Å²) >= 11 is 1.34. The van der Waals surface area contributed by atoms with Crippen LogP contribution in [0.25, 0.3) is 0 Å². The predicted molar refractivity (Wildman–Crippen MR) is 75.1 cm³/mol. The van der Waals surface area contributed by atoms with E-state index in [4.69, 9.17) is 5.26 Å². The van der Waals surface area contributed by atoms with E-state index in [1.165, 1.54) is 16.2 Å². The molecular weight excluding hydrogens is 276 g/mol. The van der Waals surface area contributed by atoms with E-state index in [1.807, 2.05) is 0 Å². The van der Waals surface area contributed by atoms with Crippen LogP contribution in [0.3, 0.4) is 0 Å². The molecule has 0 saturated heterocycles. The highest BCUT2D eigenvalue weighted by Crippen LogP contribution is 2.28. The van der Waals surface area contributed by atoms with Crippen molar-refractivity contribution in [3.05, 3.63) is 11.6 Å². The summed E-state index contributed by atoms with van der Waals surface area (Å²) in [6.07, 6.45) is 6.67. The number of anilines is 1. The fourth-order valence-electron chi connectivity index (χ4n) is 2.39. The van der Waals surface area contributed by atoms with Crippen molar-refractivity contribution < 1.29 is 9.59 Å². The number of aromatic nitrogens is 1. The van der Waals surface area contributed by atoms with Gasteiger partial charge in [0.1, 0.15) is 6.54 Å². The Morgan fingerprint density at radius 2 is 2.20 bits per heavy atom. The number of amides is 2. The highest BCUT2D eigenvalue weighted by Gasteiger charge is 2.32. The quantitative estimate of drug-likeness (QED) is 0.675. The van der Waals surface area contributed by atoms with Crippen molar-refractivity contribution in [2.75, 3.05) is 11.4 Å². The molecule has 1 N–H and O–H groups in total. The third kappa shape index (κ3) is 3.33. The minimum atomic E-state index is -0.743. The van der Waals surface area contributed by atoms with E-state index in [9.17, 15) is 9.59 Å². The highest BCUT2D eigenvalue weighted by molar-refractivity contribution is 7.13. The first-order valence-corrected chi connectivity index (χ1v) is 7.50. The number of rotatable bonds is 3. The number of nitrogens with zero attached hydrogens (tertiary/aromatic N) is 3. The zero-order chi connectivity index (χ0) is 14.4. The maximum Gasteiger partial charge on any atom is 0.318 e. The highest BCUT2D eigenvalue weighted by atomic mass is 32.1. The molecule has 106 valence electrons.